The van der Waals surface area contributed by atoms with E-state index in [0.29, 0.717) is 12.8 Å². The van der Waals surface area contributed by atoms with Crippen molar-refractivity contribution < 1.29 is 15.0 Å². The molecule has 3 nitrogen and oxygen atoms in total. The van der Waals surface area contributed by atoms with Gasteiger partial charge in [-0.3, -0.25) is 4.79 Å². The highest BCUT2D eigenvalue weighted by molar-refractivity contribution is 5.90. The molecular formula is C15H24O3. The molecule has 0 aromatic carbocycles. The smallest absolute Gasteiger partial charge is 0.144 e. The van der Waals surface area contributed by atoms with Crippen LogP contribution < -0.4 is 0 Å². The molecule has 2 N–H and O–H groups in total. The van der Waals surface area contributed by atoms with Crippen molar-refractivity contribution in [1.82, 2.24) is 0 Å². The number of aliphatic hydroxyl groups excluding tert-OH is 1. The molecule has 0 heterocycles. The molecule has 1 fully saturated rings. The summed E-state index contributed by atoms with van der Waals surface area (Å²) in [4.78, 5) is 12.4. The van der Waals surface area contributed by atoms with E-state index in [0.717, 1.165) is 12.0 Å². The number of Topliss-reactive ketones (excluding diaryl/α,β-unsaturated/α-hetero) is 1. The molecule has 18 heavy (non-hydrogen) atoms. The zero-order valence-electron chi connectivity index (χ0n) is 11.7. The molecule has 4 unspecified atom stereocenters. The summed E-state index contributed by atoms with van der Waals surface area (Å²) in [6.07, 6.45) is 2.57. The van der Waals surface area contributed by atoms with Gasteiger partial charge in [-0.25, -0.2) is 0 Å². The normalized spacial score (nSPS) is 44.8. The van der Waals surface area contributed by atoms with Gasteiger partial charge < -0.3 is 10.2 Å². The van der Waals surface area contributed by atoms with Gasteiger partial charge >= 0.3 is 0 Å². The molecule has 3 heteroatoms. The first-order chi connectivity index (χ1) is 8.23. The molecule has 0 saturated heterocycles. The Labute approximate surface area is 109 Å². The average Bonchev–Trinajstić information content (AvgIpc) is 2.44. The van der Waals surface area contributed by atoms with Crippen molar-refractivity contribution in [2.45, 2.75) is 58.7 Å². The third kappa shape index (κ3) is 1.60. The molecule has 0 aliphatic heterocycles. The predicted molar refractivity (Wildman–Crippen MR) is 70.0 cm³/mol. The zero-order valence-corrected chi connectivity index (χ0v) is 11.7. The molecule has 4 atom stereocenters. The third-order valence-corrected chi connectivity index (χ3v) is 5.24. The molecule has 2 rings (SSSR count). The summed E-state index contributed by atoms with van der Waals surface area (Å²) in [6.45, 7) is 7.77. The molecule has 0 aromatic heterocycles. The third-order valence-electron chi connectivity index (χ3n) is 5.24. The van der Waals surface area contributed by atoms with Gasteiger partial charge in [0, 0.05) is 6.42 Å². The van der Waals surface area contributed by atoms with E-state index >= 15 is 0 Å². The second-order valence-corrected chi connectivity index (χ2v) is 6.56. The Morgan fingerprint density at radius 1 is 1.44 bits per heavy atom. The van der Waals surface area contributed by atoms with E-state index in [1.807, 2.05) is 20.8 Å². The lowest BCUT2D eigenvalue weighted by molar-refractivity contribution is -0.154. The van der Waals surface area contributed by atoms with Crippen molar-refractivity contribution in [3.05, 3.63) is 11.6 Å². The highest BCUT2D eigenvalue weighted by atomic mass is 16.3. The van der Waals surface area contributed by atoms with Crippen LogP contribution in [0.4, 0.5) is 0 Å². The molecule has 0 amide bonds. The Hall–Kier alpha value is -0.670. The van der Waals surface area contributed by atoms with Gasteiger partial charge in [0.1, 0.15) is 5.78 Å². The van der Waals surface area contributed by atoms with Crippen molar-refractivity contribution in [3.63, 3.8) is 0 Å². The second-order valence-electron chi connectivity index (χ2n) is 6.56. The summed E-state index contributed by atoms with van der Waals surface area (Å²) in [5.41, 5.74) is -1.06. The fourth-order valence-corrected chi connectivity index (χ4v) is 3.77. The maximum absolute atomic E-state index is 12.4. The molecular weight excluding hydrogens is 228 g/mol. The van der Waals surface area contributed by atoms with Crippen LogP contribution in [0.2, 0.25) is 0 Å². The number of aliphatic hydroxyl groups is 2. The molecule has 102 valence electrons. The summed E-state index contributed by atoms with van der Waals surface area (Å²) in [6, 6.07) is 0. The number of fused-ring (bicyclic) bond motifs is 1. The Morgan fingerprint density at radius 2 is 2.06 bits per heavy atom. The van der Waals surface area contributed by atoms with Gasteiger partial charge in [-0.15, -0.1) is 0 Å². The van der Waals surface area contributed by atoms with Gasteiger partial charge in [0.15, 0.2) is 0 Å². The van der Waals surface area contributed by atoms with Crippen LogP contribution in [0.3, 0.4) is 0 Å². The monoisotopic (exact) mass is 252 g/mol. The SMILES string of the molecule is CC1=CC(O)C2(C)C(=O)CC(C(C)C)C2(O)CC1. The largest absolute Gasteiger partial charge is 0.388 e. The predicted octanol–water partition coefficient (Wildman–Crippen LogP) is 2.07. The van der Waals surface area contributed by atoms with E-state index in [1.165, 1.54) is 0 Å². The van der Waals surface area contributed by atoms with Gasteiger partial charge in [-0.1, -0.05) is 25.5 Å². The van der Waals surface area contributed by atoms with E-state index in [2.05, 4.69) is 0 Å². The highest BCUT2D eigenvalue weighted by Gasteiger charge is 2.65. The number of allylic oxidation sites excluding steroid dienone is 1. The van der Waals surface area contributed by atoms with Crippen molar-refractivity contribution in [2.24, 2.45) is 17.3 Å². The lowest BCUT2D eigenvalue weighted by atomic mass is 9.66. The molecule has 0 aromatic rings. The van der Waals surface area contributed by atoms with Crippen LogP contribution in [0.25, 0.3) is 0 Å². The molecule has 2 aliphatic carbocycles. The summed E-state index contributed by atoms with van der Waals surface area (Å²) in [5, 5.41) is 21.5. The van der Waals surface area contributed by atoms with Crippen LogP contribution in [0.1, 0.15) is 47.0 Å². The van der Waals surface area contributed by atoms with Crippen molar-refractivity contribution in [2.75, 3.05) is 0 Å². The van der Waals surface area contributed by atoms with Gasteiger partial charge in [0.05, 0.1) is 17.1 Å². The topological polar surface area (TPSA) is 57.5 Å². The highest BCUT2D eigenvalue weighted by Crippen LogP contribution is 2.56. The first-order valence-electron chi connectivity index (χ1n) is 6.84. The molecule has 0 spiro atoms. The fraction of sp³-hybridized carbons (Fsp3) is 0.800. The first-order valence-corrected chi connectivity index (χ1v) is 6.84. The maximum Gasteiger partial charge on any atom is 0.144 e. The van der Waals surface area contributed by atoms with Crippen molar-refractivity contribution >= 4 is 5.78 Å². The van der Waals surface area contributed by atoms with Crippen molar-refractivity contribution in [3.8, 4) is 0 Å². The van der Waals surface area contributed by atoms with Crippen LogP contribution in [0, 0.1) is 17.3 Å². The number of hydrogen-bond donors (Lipinski definition) is 2. The molecule has 0 radical (unpaired) electrons. The van der Waals surface area contributed by atoms with Crippen LogP contribution in [-0.2, 0) is 4.79 Å². The molecule has 2 aliphatic rings. The van der Waals surface area contributed by atoms with Crippen LogP contribution in [0.15, 0.2) is 11.6 Å². The summed E-state index contributed by atoms with van der Waals surface area (Å²) >= 11 is 0. The summed E-state index contributed by atoms with van der Waals surface area (Å²) in [5.74, 6) is 0.192. The Balaban J connectivity index is 2.52. The van der Waals surface area contributed by atoms with E-state index in [1.54, 1.807) is 13.0 Å². The Kier molecular flexibility index (Phi) is 3.19. The Bertz CT molecular complexity index is 399. The zero-order chi connectivity index (χ0) is 13.7. The van der Waals surface area contributed by atoms with E-state index < -0.39 is 17.1 Å². The van der Waals surface area contributed by atoms with Gasteiger partial charge in [0.25, 0.3) is 0 Å². The van der Waals surface area contributed by atoms with Gasteiger partial charge in [-0.05, 0) is 38.5 Å². The van der Waals surface area contributed by atoms with Crippen LogP contribution >= 0.6 is 0 Å². The quantitative estimate of drug-likeness (QED) is 0.702. The number of hydrogen-bond acceptors (Lipinski definition) is 3. The Morgan fingerprint density at radius 3 is 2.61 bits per heavy atom. The van der Waals surface area contributed by atoms with Crippen LogP contribution in [-0.4, -0.2) is 27.7 Å². The standard InChI is InChI=1S/C15H24O3/c1-9(2)11-8-13(17)14(4)12(16)7-10(3)5-6-15(11,14)18/h7,9,11-12,16,18H,5-6,8H2,1-4H3. The average molecular weight is 252 g/mol. The van der Waals surface area contributed by atoms with Crippen molar-refractivity contribution in [1.29, 1.82) is 0 Å². The molecule has 0 bridgehead atoms. The minimum Gasteiger partial charge on any atom is -0.388 e. The van der Waals surface area contributed by atoms with E-state index in [4.69, 9.17) is 0 Å². The number of carbonyl (C=O) groups excluding carboxylic acids is 1. The number of ketones is 1. The lowest BCUT2D eigenvalue weighted by Gasteiger charge is -2.43. The summed E-state index contributed by atoms with van der Waals surface area (Å²) < 4.78 is 0. The lowest BCUT2D eigenvalue weighted by Crippen LogP contribution is -2.55. The number of carbonyl (C=O) groups is 1. The van der Waals surface area contributed by atoms with Gasteiger partial charge in [0.2, 0.25) is 0 Å². The fourth-order valence-electron chi connectivity index (χ4n) is 3.77. The maximum atomic E-state index is 12.4. The van der Waals surface area contributed by atoms with Gasteiger partial charge in [-0.2, -0.15) is 0 Å². The number of rotatable bonds is 1. The van der Waals surface area contributed by atoms with E-state index in [-0.39, 0.29) is 17.6 Å². The molecule has 1 saturated carbocycles. The summed E-state index contributed by atoms with van der Waals surface area (Å²) in [7, 11) is 0. The minimum atomic E-state index is -1.08. The second kappa shape index (κ2) is 4.17. The van der Waals surface area contributed by atoms with E-state index in [9.17, 15) is 15.0 Å². The van der Waals surface area contributed by atoms with Crippen LogP contribution in [0.5, 0.6) is 0 Å². The minimum absolute atomic E-state index is 0.00199. The first kappa shape index (κ1) is 13.8.